The van der Waals surface area contributed by atoms with E-state index >= 15 is 0 Å². The molecule has 1 saturated heterocycles. The molecule has 0 spiro atoms. The summed E-state index contributed by atoms with van der Waals surface area (Å²) in [5.74, 6) is -1.42. The molecule has 32 heavy (non-hydrogen) atoms. The molecule has 1 aliphatic heterocycles. The summed E-state index contributed by atoms with van der Waals surface area (Å²) in [7, 11) is 0. The standard InChI is InChI=1S/C24H30BrN3O4/c1-15-4-9-20(14-16(15)2)27-10-12-28(13-11-27)24(32)22(30)21(29)23(31)26-17(3)18-5-7-19(25)8-6-18/h4-9,14,17,21-22,29-30H,10-13H2,1-3H3,(H,26,31)/t17?,21-,22-/m1/s1. The quantitative estimate of drug-likeness (QED) is 0.562. The van der Waals surface area contributed by atoms with Crippen molar-refractivity contribution in [1.29, 1.82) is 0 Å². The molecule has 0 bridgehead atoms. The highest BCUT2D eigenvalue weighted by molar-refractivity contribution is 9.10. The third-order valence-corrected chi connectivity index (χ3v) is 6.53. The molecule has 0 saturated carbocycles. The number of carbonyl (C=O) groups excluding carboxylic acids is 2. The van der Waals surface area contributed by atoms with E-state index < -0.39 is 24.0 Å². The summed E-state index contributed by atoms with van der Waals surface area (Å²) in [6.07, 6.45) is -3.64. The maximum absolute atomic E-state index is 12.7. The van der Waals surface area contributed by atoms with Crippen LogP contribution in [0.15, 0.2) is 46.9 Å². The number of hydrogen-bond acceptors (Lipinski definition) is 5. The summed E-state index contributed by atoms with van der Waals surface area (Å²) in [5.41, 5.74) is 4.38. The van der Waals surface area contributed by atoms with Gasteiger partial charge in [0.2, 0.25) is 0 Å². The molecule has 1 heterocycles. The molecule has 2 aromatic carbocycles. The first-order valence-electron chi connectivity index (χ1n) is 10.7. The number of rotatable bonds is 6. The Morgan fingerprint density at radius 1 is 0.938 bits per heavy atom. The van der Waals surface area contributed by atoms with Gasteiger partial charge in [-0.15, -0.1) is 0 Å². The highest BCUT2D eigenvalue weighted by atomic mass is 79.9. The summed E-state index contributed by atoms with van der Waals surface area (Å²) in [4.78, 5) is 28.8. The number of halogens is 1. The summed E-state index contributed by atoms with van der Waals surface area (Å²) in [5, 5.41) is 23.3. The first kappa shape index (κ1) is 24.2. The third-order valence-electron chi connectivity index (χ3n) is 6.00. The van der Waals surface area contributed by atoms with E-state index in [1.54, 1.807) is 6.92 Å². The number of aliphatic hydroxyl groups excluding tert-OH is 2. The minimum absolute atomic E-state index is 0.380. The van der Waals surface area contributed by atoms with Gasteiger partial charge in [0.25, 0.3) is 11.8 Å². The first-order valence-corrected chi connectivity index (χ1v) is 11.5. The number of nitrogens with one attached hydrogen (secondary N) is 1. The summed E-state index contributed by atoms with van der Waals surface area (Å²) < 4.78 is 0.915. The van der Waals surface area contributed by atoms with Gasteiger partial charge in [0.1, 0.15) is 0 Å². The lowest BCUT2D eigenvalue weighted by Crippen LogP contribution is -2.55. The Hall–Kier alpha value is -2.42. The minimum atomic E-state index is -1.84. The van der Waals surface area contributed by atoms with Crippen LogP contribution in [0, 0.1) is 13.8 Å². The molecule has 7 nitrogen and oxygen atoms in total. The van der Waals surface area contributed by atoms with Gasteiger partial charge >= 0.3 is 0 Å². The van der Waals surface area contributed by atoms with Crippen LogP contribution in [0.5, 0.6) is 0 Å². The number of hydrogen-bond donors (Lipinski definition) is 3. The third kappa shape index (κ3) is 5.68. The van der Waals surface area contributed by atoms with Gasteiger partial charge in [-0.3, -0.25) is 9.59 Å². The van der Waals surface area contributed by atoms with Gasteiger partial charge in [0.05, 0.1) is 6.04 Å². The van der Waals surface area contributed by atoms with Crippen LogP contribution in [0.4, 0.5) is 5.69 Å². The van der Waals surface area contributed by atoms with E-state index in [9.17, 15) is 19.8 Å². The molecule has 0 radical (unpaired) electrons. The molecule has 1 unspecified atom stereocenters. The zero-order valence-electron chi connectivity index (χ0n) is 18.6. The molecule has 8 heteroatoms. The van der Waals surface area contributed by atoms with Crippen molar-refractivity contribution in [2.45, 2.75) is 39.0 Å². The van der Waals surface area contributed by atoms with Crippen molar-refractivity contribution in [2.24, 2.45) is 0 Å². The number of aliphatic hydroxyl groups is 2. The van der Waals surface area contributed by atoms with Crippen LogP contribution in [-0.2, 0) is 9.59 Å². The van der Waals surface area contributed by atoms with Crippen molar-refractivity contribution in [3.8, 4) is 0 Å². The van der Waals surface area contributed by atoms with Gasteiger partial charge in [-0.1, -0.05) is 34.1 Å². The second-order valence-corrected chi connectivity index (χ2v) is 9.17. The zero-order valence-corrected chi connectivity index (χ0v) is 20.2. The van der Waals surface area contributed by atoms with Gasteiger partial charge in [-0.05, 0) is 61.7 Å². The number of piperazine rings is 1. The molecule has 1 aliphatic rings. The minimum Gasteiger partial charge on any atom is -0.380 e. The van der Waals surface area contributed by atoms with E-state index in [0.717, 1.165) is 15.7 Å². The second kappa shape index (κ2) is 10.5. The normalized spacial score (nSPS) is 16.9. The molecule has 3 N–H and O–H groups in total. The van der Waals surface area contributed by atoms with Crippen LogP contribution < -0.4 is 10.2 Å². The average molecular weight is 504 g/mol. The number of anilines is 1. The maximum Gasteiger partial charge on any atom is 0.254 e. The monoisotopic (exact) mass is 503 g/mol. The Morgan fingerprint density at radius 2 is 1.56 bits per heavy atom. The molecular weight excluding hydrogens is 474 g/mol. The molecular formula is C24H30BrN3O4. The van der Waals surface area contributed by atoms with Crippen molar-refractivity contribution in [3.63, 3.8) is 0 Å². The highest BCUT2D eigenvalue weighted by Crippen LogP contribution is 2.21. The smallest absolute Gasteiger partial charge is 0.254 e. The number of amides is 2. The Labute approximate surface area is 197 Å². The predicted molar refractivity (Wildman–Crippen MR) is 127 cm³/mol. The fourth-order valence-corrected chi connectivity index (χ4v) is 3.97. The fraction of sp³-hybridized carbons (Fsp3) is 0.417. The van der Waals surface area contributed by atoms with Gasteiger partial charge in [0.15, 0.2) is 12.2 Å². The number of nitrogens with zero attached hydrogens (tertiary/aromatic N) is 2. The number of benzene rings is 2. The van der Waals surface area contributed by atoms with E-state index in [1.165, 1.54) is 16.0 Å². The van der Waals surface area contributed by atoms with Crippen molar-refractivity contribution < 1.29 is 19.8 Å². The summed E-state index contributed by atoms with van der Waals surface area (Å²) in [6, 6.07) is 13.3. The van der Waals surface area contributed by atoms with Crippen molar-refractivity contribution in [3.05, 3.63) is 63.6 Å². The number of aryl methyl sites for hydroxylation is 2. The van der Waals surface area contributed by atoms with E-state index in [2.05, 4.69) is 58.2 Å². The number of carbonyl (C=O) groups is 2. The summed E-state index contributed by atoms with van der Waals surface area (Å²) >= 11 is 3.36. The van der Waals surface area contributed by atoms with Crippen LogP contribution in [-0.4, -0.2) is 65.3 Å². The molecule has 3 rings (SSSR count). The SMILES string of the molecule is Cc1ccc(N2CCN(C(=O)[C@H](O)[C@@H](O)C(=O)NC(C)c3ccc(Br)cc3)CC2)cc1C. The molecule has 0 aromatic heterocycles. The van der Waals surface area contributed by atoms with Crippen LogP contribution in [0.2, 0.25) is 0 Å². The highest BCUT2D eigenvalue weighted by Gasteiger charge is 2.35. The zero-order chi connectivity index (χ0) is 23.4. The molecule has 172 valence electrons. The Kier molecular flexibility index (Phi) is 7.92. The largest absolute Gasteiger partial charge is 0.380 e. The molecule has 3 atom stereocenters. The lowest BCUT2D eigenvalue weighted by atomic mass is 10.1. The van der Waals surface area contributed by atoms with E-state index in [1.807, 2.05) is 24.3 Å². The Bertz CT molecular complexity index is 958. The van der Waals surface area contributed by atoms with E-state index in [4.69, 9.17) is 0 Å². The lowest BCUT2D eigenvalue weighted by Gasteiger charge is -2.37. The molecule has 0 aliphatic carbocycles. The Morgan fingerprint density at radius 3 is 2.16 bits per heavy atom. The average Bonchev–Trinajstić information content (AvgIpc) is 2.79. The van der Waals surface area contributed by atoms with Gasteiger partial charge in [-0.25, -0.2) is 0 Å². The van der Waals surface area contributed by atoms with Crippen LogP contribution in [0.1, 0.15) is 29.7 Å². The first-order chi connectivity index (χ1) is 15.2. The van der Waals surface area contributed by atoms with Crippen LogP contribution in [0.3, 0.4) is 0 Å². The predicted octanol–water partition coefficient (Wildman–Crippen LogP) is 2.31. The van der Waals surface area contributed by atoms with E-state index in [-0.39, 0.29) is 6.04 Å². The van der Waals surface area contributed by atoms with E-state index in [0.29, 0.717) is 26.2 Å². The van der Waals surface area contributed by atoms with Crippen molar-refractivity contribution in [1.82, 2.24) is 10.2 Å². The topological polar surface area (TPSA) is 93.1 Å². The molecule has 2 aromatic rings. The fourth-order valence-electron chi connectivity index (χ4n) is 3.71. The molecule has 1 fully saturated rings. The van der Waals surface area contributed by atoms with Gasteiger partial charge in [-0.2, -0.15) is 0 Å². The van der Waals surface area contributed by atoms with Gasteiger partial charge < -0.3 is 25.3 Å². The van der Waals surface area contributed by atoms with Crippen molar-refractivity contribution >= 4 is 33.4 Å². The maximum atomic E-state index is 12.7. The van der Waals surface area contributed by atoms with Crippen LogP contribution >= 0.6 is 15.9 Å². The molecule has 2 amide bonds. The summed E-state index contributed by atoms with van der Waals surface area (Å²) in [6.45, 7) is 7.96. The lowest BCUT2D eigenvalue weighted by molar-refractivity contribution is -0.153. The van der Waals surface area contributed by atoms with Gasteiger partial charge in [0, 0.05) is 36.3 Å². The van der Waals surface area contributed by atoms with Crippen LogP contribution in [0.25, 0.3) is 0 Å². The Balaban J connectivity index is 1.53. The van der Waals surface area contributed by atoms with Crippen molar-refractivity contribution in [2.75, 3.05) is 31.1 Å². The second-order valence-electron chi connectivity index (χ2n) is 8.25.